The highest BCUT2D eigenvalue weighted by Gasteiger charge is 2.20. The van der Waals surface area contributed by atoms with Crippen LogP contribution in [0.25, 0.3) is 26.4 Å². The number of allylic oxidation sites excluding steroid dienone is 1. The lowest BCUT2D eigenvalue weighted by Gasteiger charge is -2.29. The Morgan fingerprint density at radius 1 is 1.33 bits per heavy atom. The van der Waals surface area contributed by atoms with Crippen LogP contribution in [0.5, 0.6) is 0 Å². The number of hydrogen-bond acceptors (Lipinski definition) is 6. The number of nitrogens with one attached hydrogen (secondary N) is 1. The number of pyridine rings is 1. The SMILES string of the molecule is N=CC(=CN)c1ccc2nc(-c3ccc(N4CCC[C@@H](F)C4)nc3)sc2c1. The summed E-state index contributed by atoms with van der Waals surface area (Å²) >= 11 is 1.58. The minimum absolute atomic E-state index is 0.417. The Morgan fingerprint density at radius 3 is 2.93 bits per heavy atom. The van der Waals surface area contributed by atoms with Gasteiger partial charge < -0.3 is 16.0 Å². The van der Waals surface area contributed by atoms with Crippen LogP contribution in [0.2, 0.25) is 0 Å². The number of hydrogen-bond donors (Lipinski definition) is 2. The fourth-order valence-corrected chi connectivity index (χ4v) is 4.28. The number of piperidine rings is 1. The third-order valence-electron chi connectivity index (χ3n) is 4.74. The quantitative estimate of drug-likeness (QED) is 0.663. The van der Waals surface area contributed by atoms with Crippen molar-refractivity contribution in [3.63, 3.8) is 0 Å². The van der Waals surface area contributed by atoms with Crippen molar-refractivity contribution in [3.8, 4) is 10.6 Å². The summed E-state index contributed by atoms with van der Waals surface area (Å²) in [5.74, 6) is 0.813. The van der Waals surface area contributed by atoms with E-state index in [0.717, 1.165) is 45.1 Å². The van der Waals surface area contributed by atoms with Crippen LogP contribution in [0.3, 0.4) is 0 Å². The first kappa shape index (κ1) is 17.6. The molecule has 138 valence electrons. The molecule has 0 unspecified atom stereocenters. The van der Waals surface area contributed by atoms with Crippen molar-refractivity contribution in [2.75, 3.05) is 18.0 Å². The van der Waals surface area contributed by atoms with E-state index in [0.29, 0.717) is 18.5 Å². The summed E-state index contributed by atoms with van der Waals surface area (Å²) in [5.41, 5.74) is 8.99. The fourth-order valence-electron chi connectivity index (χ4n) is 3.29. The second-order valence-corrected chi connectivity index (χ2v) is 7.59. The zero-order valence-electron chi connectivity index (χ0n) is 14.7. The van der Waals surface area contributed by atoms with Crippen LogP contribution in [0.15, 0.2) is 42.7 Å². The van der Waals surface area contributed by atoms with Crippen molar-refractivity contribution in [3.05, 3.63) is 48.3 Å². The normalized spacial score (nSPS) is 18.0. The first-order chi connectivity index (χ1) is 13.2. The maximum atomic E-state index is 13.6. The average molecular weight is 381 g/mol. The van der Waals surface area contributed by atoms with Crippen molar-refractivity contribution < 1.29 is 4.39 Å². The van der Waals surface area contributed by atoms with E-state index in [-0.39, 0.29) is 0 Å². The molecule has 1 aliphatic heterocycles. The Bertz CT molecular complexity index is 995. The second kappa shape index (κ2) is 7.44. The van der Waals surface area contributed by atoms with Gasteiger partial charge in [0.1, 0.15) is 17.0 Å². The molecule has 0 radical (unpaired) electrons. The van der Waals surface area contributed by atoms with E-state index in [9.17, 15) is 4.39 Å². The van der Waals surface area contributed by atoms with Crippen LogP contribution in [-0.4, -0.2) is 35.4 Å². The highest BCUT2D eigenvalue weighted by Crippen LogP contribution is 2.32. The number of nitrogens with zero attached hydrogens (tertiary/aromatic N) is 3. The third kappa shape index (κ3) is 3.55. The van der Waals surface area contributed by atoms with Crippen molar-refractivity contribution >= 4 is 39.2 Å². The Hall–Kier alpha value is -2.80. The van der Waals surface area contributed by atoms with Crippen LogP contribution < -0.4 is 10.6 Å². The van der Waals surface area contributed by atoms with Crippen LogP contribution in [-0.2, 0) is 0 Å². The molecular weight excluding hydrogens is 361 g/mol. The Labute approximate surface area is 160 Å². The highest BCUT2D eigenvalue weighted by molar-refractivity contribution is 7.21. The monoisotopic (exact) mass is 381 g/mol. The second-order valence-electron chi connectivity index (χ2n) is 6.56. The van der Waals surface area contributed by atoms with Gasteiger partial charge in [0, 0.05) is 36.3 Å². The molecule has 0 amide bonds. The predicted octanol–water partition coefficient (Wildman–Crippen LogP) is 4.25. The van der Waals surface area contributed by atoms with E-state index in [1.807, 2.05) is 35.2 Å². The molecule has 27 heavy (non-hydrogen) atoms. The zero-order chi connectivity index (χ0) is 18.8. The van der Waals surface area contributed by atoms with Gasteiger partial charge in [0.15, 0.2) is 0 Å². The number of nitrogens with two attached hydrogens (primary N) is 1. The standard InChI is InChI=1S/C20H20FN5S/c21-16-2-1-7-26(12-16)19-6-4-14(11-24-19)20-25-17-5-3-13(8-18(17)27-20)15(9-22)10-23/h3-6,8-11,16,22H,1-2,7,12,23H2/t16-/m1/s1. The molecule has 3 aromatic rings. The number of rotatable bonds is 4. The number of alkyl halides is 1. The summed E-state index contributed by atoms with van der Waals surface area (Å²) < 4.78 is 14.7. The number of benzene rings is 1. The van der Waals surface area contributed by atoms with Gasteiger partial charge in [-0.1, -0.05) is 6.07 Å². The molecule has 2 aromatic heterocycles. The summed E-state index contributed by atoms with van der Waals surface area (Å²) in [6.45, 7) is 1.26. The average Bonchev–Trinajstić information content (AvgIpc) is 3.13. The van der Waals surface area contributed by atoms with Crippen LogP contribution in [0.1, 0.15) is 18.4 Å². The number of aromatic nitrogens is 2. The Kier molecular flexibility index (Phi) is 4.85. The van der Waals surface area contributed by atoms with Gasteiger partial charge >= 0.3 is 0 Å². The molecule has 1 fully saturated rings. The van der Waals surface area contributed by atoms with E-state index in [2.05, 4.69) is 9.97 Å². The van der Waals surface area contributed by atoms with Crippen molar-refractivity contribution in [2.24, 2.45) is 5.73 Å². The fraction of sp³-hybridized carbons (Fsp3) is 0.250. The lowest BCUT2D eigenvalue weighted by atomic mass is 10.1. The molecule has 3 heterocycles. The Balaban J connectivity index is 1.61. The maximum absolute atomic E-state index is 13.6. The van der Waals surface area contributed by atoms with Gasteiger partial charge in [0.2, 0.25) is 0 Å². The molecule has 1 atom stereocenters. The lowest BCUT2D eigenvalue weighted by Crippen LogP contribution is -2.36. The van der Waals surface area contributed by atoms with E-state index < -0.39 is 6.17 Å². The van der Waals surface area contributed by atoms with Crippen LogP contribution in [0.4, 0.5) is 10.2 Å². The lowest BCUT2D eigenvalue weighted by molar-refractivity contribution is 0.286. The van der Waals surface area contributed by atoms with E-state index in [4.69, 9.17) is 11.1 Å². The van der Waals surface area contributed by atoms with E-state index in [1.165, 1.54) is 12.4 Å². The van der Waals surface area contributed by atoms with Crippen LogP contribution >= 0.6 is 11.3 Å². The number of halogens is 1. The smallest absolute Gasteiger partial charge is 0.128 e. The molecule has 0 spiro atoms. The van der Waals surface area contributed by atoms with Gasteiger partial charge in [0.25, 0.3) is 0 Å². The summed E-state index contributed by atoms with van der Waals surface area (Å²) in [7, 11) is 0. The third-order valence-corrected chi connectivity index (χ3v) is 5.81. The summed E-state index contributed by atoms with van der Waals surface area (Å²) in [6.07, 6.45) is 5.21. The molecule has 1 aliphatic rings. The van der Waals surface area contributed by atoms with Gasteiger partial charge in [-0.05, 0) is 42.7 Å². The molecule has 1 saturated heterocycles. The van der Waals surface area contributed by atoms with Crippen molar-refractivity contribution in [1.82, 2.24) is 9.97 Å². The maximum Gasteiger partial charge on any atom is 0.128 e. The van der Waals surface area contributed by atoms with E-state index in [1.54, 1.807) is 17.5 Å². The van der Waals surface area contributed by atoms with Gasteiger partial charge in [-0.3, -0.25) is 0 Å². The largest absolute Gasteiger partial charge is 0.404 e. The number of thiazole rings is 1. The minimum atomic E-state index is -0.771. The first-order valence-corrected chi connectivity index (χ1v) is 9.68. The van der Waals surface area contributed by atoms with Gasteiger partial charge in [-0.15, -0.1) is 11.3 Å². The molecule has 1 aromatic carbocycles. The highest BCUT2D eigenvalue weighted by atomic mass is 32.1. The molecule has 0 aliphatic carbocycles. The van der Waals surface area contributed by atoms with Crippen molar-refractivity contribution in [2.45, 2.75) is 19.0 Å². The summed E-state index contributed by atoms with van der Waals surface area (Å²) in [4.78, 5) is 11.2. The first-order valence-electron chi connectivity index (χ1n) is 8.86. The molecule has 7 heteroatoms. The van der Waals surface area contributed by atoms with Crippen LogP contribution in [0, 0.1) is 5.41 Å². The number of anilines is 1. The topological polar surface area (TPSA) is 78.9 Å². The number of fused-ring (bicyclic) bond motifs is 1. The predicted molar refractivity (Wildman–Crippen MR) is 110 cm³/mol. The van der Waals surface area contributed by atoms with Gasteiger partial charge in [-0.25, -0.2) is 14.4 Å². The van der Waals surface area contributed by atoms with Crippen molar-refractivity contribution in [1.29, 1.82) is 5.41 Å². The summed E-state index contributed by atoms with van der Waals surface area (Å²) in [6, 6.07) is 9.78. The Morgan fingerprint density at radius 2 is 2.22 bits per heavy atom. The molecule has 4 rings (SSSR count). The van der Waals surface area contributed by atoms with E-state index >= 15 is 0 Å². The molecule has 0 bridgehead atoms. The van der Waals surface area contributed by atoms with Gasteiger partial charge in [-0.2, -0.15) is 0 Å². The minimum Gasteiger partial charge on any atom is -0.404 e. The molecule has 3 N–H and O–H groups in total. The molecule has 5 nitrogen and oxygen atoms in total. The molecular formula is C20H20FN5S. The van der Waals surface area contributed by atoms with Gasteiger partial charge in [0.05, 0.1) is 16.8 Å². The summed E-state index contributed by atoms with van der Waals surface area (Å²) in [5, 5.41) is 8.33. The zero-order valence-corrected chi connectivity index (χ0v) is 15.5. The molecule has 0 saturated carbocycles.